The zero-order valence-electron chi connectivity index (χ0n) is 8.66. The second kappa shape index (κ2) is 4.70. The van der Waals surface area contributed by atoms with E-state index in [-0.39, 0.29) is 5.56 Å². The number of hydrogen-bond acceptors (Lipinski definition) is 4. The van der Waals surface area contributed by atoms with Crippen molar-refractivity contribution in [3.05, 3.63) is 27.6 Å². The maximum atomic E-state index is 12.4. The number of nitro groups is 1. The smallest absolute Gasteiger partial charge is 0.396 e. The highest BCUT2D eigenvalue weighted by molar-refractivity contribution is 5.54. The molecule has 0 unspecified atom stereocenters. The molecule has 0 fully saturated rings. The Kier molecular flexibility index (Phi) is 3.67. The van der Waals surface area contributed by atoms with Gasteiger partial charge >= 0.3 is 12.0 Å². The molecule has 10 heteroatoms. The molecular formula is C8H5F5N2O3. The summed E-state index contributed by atoms with van der Waals surface area (Å²) < 4.78 is 64.3. The van der Waals surface area contributed by atoms with E-state index in [1.54, 1.807) is 0 Å². The van der Waals surface area contributed by atoms with Crippen LogP contribution in [-0.4, -0.2) is 16.3 Å². The molecule has 0 atom stereocenters. The lowest BCUT2D eigenvalue weighted by atomic mass is 10.2. The predicted molar refractivity (Wildman–Crippen MR) is 47.3 cm³/mol. The summed E-state index contributed by atoms with van der Waals surface area (Å²) in [7, 11) is 0. The number of aryl methyl sites for hydroxylation is 1. The fourth-order valence-corrected chi connectivity index (χ4v) is 1.19. The summed E-state index contributed by atoms with van der Waals surface area (Å²) in [5.41, 5.74) is -2.93. The van der Waals surface area contributed by atoms with Crippen molar-refractivity contribution in [2.24, 2.45) is 0 Å². The largest absolute Gasteiger partial charge is 0.573 e. The van der Waals surface area contributed by atoms with Gasteiger partial charge in [0.05, 0.1) is 4.92 Å². The first kappa shape index (κ1) is 14.1. The highest BCUT2D eigenvalue weighted by atomic mass is 19.4. The van der Waals surface area contributed by atoms with Crippen molar-refractivity contribution in [2.45, 2.75) is 19.7 Å². The van der Waals surface area contributed by atoms with E-state index in [0.29, 0.717) is 6.20 Å². The fourth-order valence-electron chi connectivity index (χ4n) is 1.19. The maximum Gasteiger partial charge on any atom is 0.573 e. The Balaban J connectivity index is 3.48. The minimum atomic E-state index is -5.33. The Morgan fingerprint density at radius 3 is 2.39 bits per heavy atom. The number of rotatable bonds is 3. The van der Waals surface area contributed by atoms with E-state index < -0.39 is 34.8 Å². The summed E-state index contributed by atoms with van der Waals surface area (Å²) in [6.45, 7) is 1.06. The predicted octanol–water partition coefficient (Wildman–Crippen LogP) is 3.13. The zero-order chi connectivity index (χ0) is 14.1. The topological polar surface area (TPSA) is 65.3 Å². The van der Waals surface area contributed by atoms with Gasteiger partial charge in [-0.3, -0.25) is 15.1 Å². The molecule has 0 amide bonds. The quantitative estimate of drug-likeness (QED) is 0.481. The van der Waals surface area contributed by atoms with Crippen LogP contribution in [0.1, 0.15) is 17.7 Å². The molecule has 0 aliphatic carbocycles. The van der Waals surface area contributed by atoms with Gasteiger partial charge in [0.2, 0.25) is 5.75 Å². The molecule has 1 heterocycles. The van der Waals surface area contributed by atoms with E-state index in [2.05, 4.69) is 9.72 Å². The van der Waals surface area contributed by atoms with Crippen LogP contribution in [0.3, 0.4) is 0 Å². The number of hydrogen-bond donors (Lipinski definition) is 0. The normalized spacial score (nSPS) is 11.7. The van der Waals surface area contributed by atoms with E-state index in [9.17, 15) is 32.1 Å². The van der Waals surface area contributed by atoms with Crippen LogP contribution in [0.15, 0.2) is 6.20 Å². The van der Waals surface area contributed by atoms with Crippen LogP contribution in [0.4, 0.5) is 27.6 Å². The van der Waals surface area contributed by atoms with Crippen molar-refractivity contribution in [1.82, 2.24) is 4.98 Å². The van der Waals surface area contributed by atoms with Crippen LogP contribution < -0.4 is 4.74 Å². The Hall–Kier alpha value is -2.00. The van der Waals surface area contributed by atoms with Crippen molar-refractivity contribution >= 4 is 5.69 Å². The minimum absolute atomic E-state index is 0.316. The number of aromatic nitrogens is 1. The molecule has 100 valence electrons. The summed E-state index contributed by atoms with van der Waals surface area (Å²) in [5.74, 6) is -1.58. The monoisotopic (exact) mass is 272 g/mol. The molecule has 0 bridgehead atoms. The van der Waals surface area contributed by atoms with Gasteiger partial charge in [0.25, 0.3) is 6.43 Å². The number of nitrogens with zero attached hydrogens (tertiary/aromatic N) is 2. The lowest BCUT2D eigenvalue weighted by Gasteiger charge is -2.13. The highest BCUT2D eigenvalue weighted by Gasteiger charge is 2.39. The molecule has 0 N–H and O–H groups in total. The summed E-state index contributed by atoms with van der Waals surface area (Å²) in [4.78, 5) is 12.4. The SMILES string of the molecule is Cc1cnc(C(F)F)c(OC(F)(F)F)c1[N+](=O)[O-]. The third-order valence-electron chi connectivity index (χ3n) is 1.83. The summed E-state index contributed by atoms with van der Waals surface area (Å²) in [5, 5.41) is 10.6. The first-order valence-electron chi connectivity index (χ1n) is 4.31. The standard InChI is InChI=1S/C8H5F5N2O3/c1-3-2-14-4(7(9)10)6(5(3)15(16)17)18-8(11,12)13/h2,7H,1H3. The van der Waals surface area contributed by atoms with Crippen LogP contribution in [-0.2, 0) is 0 Å². The minimum Gasteiger partial charge on any atom is -0.396 e. The molecule has 0 spiro atoms. The summed E-state index contributed by atoms with van der Waals surface area (Å²) in [6, 6.07) is 0. The average Bonchev–Trinajstić information content (AvgIpc) is 2.13. The van der Waals surface area contributed by atoms with Crippen LogP contribution in [0, 0.1) is 17.0 Å². The molecule has 1 aromatic heterocycles. The fraction of sp³-hybridized carbons (Fsp3) is 0.375. The Morgan fingerprint density at radius 2 is 2.00 bits per heavy atom. The number of ether oxygens (including phenoxy) is 1. The van der Waals surface area contributed by atoms with Gasteiger partial charge in [-0.25, -0.2) is 8.78 Å². The van der Waals surface area contributed by atoms with E-state index in [1.807, 2.05) is 0 Å². The third-order valence-corrected chi connectivity index (χ3v) is 1.83. The third kappa shape index (κ3) is 3.02. The van der Waals surface area contributed by atoms with Gasteiger partial charge in [0.15, 0.2) is 5.69 Å². The van der Waals surface area contributed by atoms with E-state index in [4.69, 9.17) is 0 Å². The van der Waals surface area contributed by atoms with Gasteiger partial charge in [-0.1, -0.05) is 0 Å². The molecule has 1 aromatic rings. The first-order valence-corrected chi connectivity index (χ1v) is 4.31. The average molecular weight is 272 g/mol. The van der Waals surface area contributed by atoms with Gasteiger partial charge in [-0.05, 0) is 6.92 Å². The van der Waals surface area contributed by atoms with Gasteiger partial charge in [-0.2, -0.15) is 0 Å². The Morgan fingerprint density at radius 1 is 1.44 bits per heavy atom. The molecule has 0 saturated heterocycles. The summed E-state index contributed by atoms with van der Waals surface area (Å²) >= 11 is 0. The highest BCUT2D eigenvalue weighted by Crippen LogP contribution is 2.40. The molecule has 0 aromatic carbocycles. The molecule has 0 saturated carbocycles. The number of halogens is 5. The number of pyridine rings is 1. The second-order valence-electron chi connectivity index (χ2n) is 3.11. The van der Waals surface area contributed by atoms with Crippen molar-refractivity contribution in [2.75, 3.05) is 0 Å². The van der Waals surface area contributed by atoms with Crippen LogP contribution >= 0.6 is 0 Å². The maximum absolute atomic E-state index is 12.4. The number of alkyl halides is 5. The van der Waals surface area contributed by atoms with Crippen molar-refractivity contribution in [3.8, 4) is 5.75 Å². The lowest BCUT2D eigenvalue weighted by molar-refractivity contribution is -0.389. The Bertz CT molecular complexity index is 475. The first-order chi connectivity index (χ1) is 8.13. The van der Waals surface area contributed by atoms with Crippen molar-refractivity contribution in [3.63, 3.8) is 0 Å². The van der Waals surface area contributed by atoms with Gasteiger partial charge in [0.1, 0.15) is 0 Å². The zero-order valence-corrected chi connectivity index (χ0v) is 8.66. The van der Waals surface area contributed by atoms with Crippen LogP contribution in [0.5, 0.6) is 5.75 Å². The van der Waals surface area contributed by atoms with Crippen LogP contribution in [0.2, 0.25) is 0 Å². The van der Waals surface area contributed by atoms with Crippen LogP contribution in [0.25, 0.3) is 0 Å². The van der Waals surface area contributed by atoms with Gasteiger partial charge in [0, 0.05) is 11.8 Å². The van der Waals surface area contributed by atoms with Gasteiger partial charge < -0.3 is 4.74 Å². The Labute approximate surface area is 96.3 Å². The summed E-state index contributed by atoms with van der Waals surface area (Å²) in [6.07, 6.45) is -8.08. The molecule has 5 nitrogen and oxygen atoms in total. The van der Waals surface area contributed by atoms with Crippen molar-refractivity contribution in [1.29, 1.82) is 0 Å². The molecule has 18 heavy (non-hydrogen) atoms. The second-order valence-corrected chi connectivity index (χ2v) is 3.11. The van der Waals surface area contributed by atoms with E-state index in [0.717, 1.165) is 6.92 Å². The van der Waals surface area contributed by atoms with E-state index in [1.165, 1.54) is 0 Å². The molecule has 0 aliphatic rings. The molecule has 0 aliphatic heterocycles. The lowest BCUT2D eigenvalue weighted by Crippen LogP contribution is -2.20. The molecule has 0 radical (unpaired) electrons. The molecule has 1 rings (SSSR count). The van der Waals surface area contributed by atoms with Crippen molar-refractivity contribution < 1.29 is 31.6 Å². The van der Waals surface area contributed by atoms with Gasteiger partial charge in [-0.15, -0.1) is 13.2 Å². The van der Waals surface area contributed by atoms with E-state index >= 15 is 0 Å². The molecular weight excluding hydrogens is 267 g/mol.